The van der Waals surface area contributed by atoms with Crippen LogP contribution in [0.3, 0.4) is 0 Å². The molecule has 0 unspecified atom stereocenters. The van der Waals surface area contributed by atoms with Crippen LogP contribution in [-0.2, 0) is 20.6 Å². The maximum atomic E-state index is 12.9. The SMILES string of the molecule is CN1CCN(S(=O)(=O)c2cccc(NC(=O)CSCc3ccc(C#N)cc3)c2)CC1. The van der Waals surface area contributed by atoms with Gasteiger partial charge in [-0.2, -0.15) is 9.57 Å². The quantitative estimate of drug-likeness (QED) is 0.705. The number of nitrogens with zero attached hydrogens (tertiary/aromatic N) is 3. The van der Waals surface area contributed by atoms with Crippen molar-refractivity contribution in [3.05, 3.63) is 59.7 Å². The first-order chi connectivity index (χ1) is 14.4. The van der Waals surface area contributed by atoms with Gasteiger partial charge in [-0.1, -0.05) is 18.2 Å². The zero-order valence-corrected chi connectivity index (χ0v) is 18.4. The number of carbonyl (C=O) groups excluding carboxylic acids is 1. The van der Waals surface area contributed by atoms with Crippen LogP contribution in [0.1, 0.15) is 11.1 Å². The lowest BCUT2D eigenvalue weighted by atomic mass is 10.2. The number of likely N-dealkylation sites (N-methyl/N-ethyl adjacent to an activating group) is 1. The summed E-state index contributed by atoms with van der Waals surface area (Å²) in [5, 5.41) is 11.6. The molecule has 0 aromatic heterocycles. The zero-order chi connectivity index (χ0) is 21.6. The maximum absolute atomic E-state index is 12.9. The van der Waals surface area contributed by atoms with Gasteiger partial charge in [-0.3, -0.25) is 4.79 Å². The average molecular weight is 445 g/mol. The summed E-state index contributed by atoms with van der Waals surface area (Å²) >= 11 is 1.45. The first-order valence-electron chi connectivity index (χ1n) is 9.54. The number of hydrogen-bond acceptors (Lipinski definition) is 6. The standard InChI is InChI=1S/C21H24N4O3S2/c1-24-9-11-25(12-10-24)30(27,28)20-4-2-3-19(13-20)23-21(26)16-29-15-18-7-5-17(14-22)6-8-18/h2-8,13H,9-12,15-16H2,1H3,(H,23,26). The van der Waals surface area contributed by atoms with E-state index in [0.29, 0.717) is 43.2 Å². The van der Waals surface area contributed by atoms with Crippen LogP contribution < -0.4 is 5.32 Å². The van der Waals surface area contributed by atoms with E-state index in [4.69, 9.17) is 5.26 Å². The number of rotatable bonds is 7. The van der Waals surface area contributed by atoms with Gasteiger partial charge in [0.2, 0.25) is 15.9 Å². The number of carbonyl (C=O) groups is 1. The summed E-state index contributed by atoms with van der Waals surface area (Å²) in [5.41, 5.74) is 2.11. The van der Waals surface area contributed by atoms with Crippen molar-refractivity contribution in [1.82, 2.24) is 9.21 Å². The van der Waals surface area contributed by atoms with E-state index in [2.05, 4.69) is 16.3 Å². The zero-order valence-electron chi connectivity index (χ0n) is 16.7. The number of benzene rings is 2. The smallest absolute Gasteiger partial charge is 0.243 e. The summed E-state index contributed by atoms with van der Waals surface area (Å²) in [5.74, 6) is 0.703. The first kappa shape index (κ1) is 22.3. The average Bonchev–Trinajstić information content (AvgIpc) is 2.75. The lowest BCUT2D eigenvalue weighted by Crippen LogP contribution is -2.47. The fourth-order valence-corrected chi connectivity index (χ4v) is 5.30. The summed E-state index contributed by atoms with van der Waals surface area (Å²) < 4.78 is 27.2. The number of anilines is 1. The summed E-state index contributed by atoms with van der Waals surface area (Å²) in [7, 11) is -1.60. The molecule has 0 bridgehead atoms. The molecule has 2 aromatic carbocycles. The largest absolute Gasteiger partial charge is 0.325 e. The Bertz CT molecular complexity index is 1020. The molecule has 7 nitrogen and oxygen atoms in total. The Kier molecular flexibility index (Phi) is 7.50. The number of thioether (sulfide) groups is 1. The lowest BCUT2D eigenvalue weighted by Gasteiger charge is -2.31. The van der Waals surface area contributed by atoms with Crippen LogP contribution in [0.25, 0.3) is 0 Å². The number of piperazine rings is 1. The van der Waals surface area contributed by atoms with Crippen LogP contribution in [0.4, 0.5) is 5.69 Å². The Labute approximate surface area is 181 Å². The second kappa shape index (κ2) is 10.1. The highest BCUT2D eigenvalue weighted by molar-refractivity contribution is 7.99. The van der Waals surface area contributed by atoms with E-state index in [-0.39, 0.29) is 16.6 Å². The van der Waals surface area contributed by atoms with Crippen LogP contribution in [0.5, 0.6) is 0 Å². The highest BCUT2D eigenvalue weighted by atomic mass is 32.2. The minimum Gasteiger partial charge on any atom is -0.325 e. The van der Waals surface area contributed by atoms with Crippen LogP contribution in [-0.4, -0.2) is 62.5 Å². The van der Waals surface area contributed by atoms with E-state index in [1.54, 1.807) is 30.3 Å². The topological polar surface area (TPSA) is 93.5 Å². The monoisotopic (exact) mass is 444 g/mol. The van der Waals surface area contributed by atoms with Gasteiger partial charge < -0.3 is 10.2 Å². The molecule has 1 N–H and O–H groups in total. The van der Waals surface area contributed by atoms with Crippen LogP contribution in [0.15, 0.2) is 53.4 Å². The van der Waals surface area contributed by atoms with Gasteiger partial charge in [0.05, 0.1) is 22.3 Å². The molecule has 0 spiro atoms. The van der Waals surface area contributed by atoms with Gasteiger partial charge in [0, 0.05) is 37.6 Å². The third-order valence-electron chi connectivity index (χ3n) is 4.80. The number of nitrogens with one attached hydrogen (secondary N) is 1. The van der Waals surface area contributed by atoms with Crippen molar-refractivity contribution in [2.75, 3.05) is 44.3 Å². The predicted molar refractivity (Wildman–Crippen MR) is 119 cm³/mol. The van der Waals surface area contributed by atoms with Crippen LogP contribution >= 0.6 is 11.8 Å². The molecular weight excluding hydrogens is 420 g/mol. The molecule has 30 heavy (non-hydrogen) atoms. The molecular formula is C21H24N4O3S2. The van der Waals surface area contributed by atoms with Crippen molar-refractivity contribution in [2.45, 2.75) is 10.6 Å². The fraction of sp³-hybridized carbons (Fsp3) is 0.333. The van der Waals surface area contributed by atoms with Crippen molar-refractivity contribution in [3.63, 3.8) is 0 Å². The second-order valence-corrected chi connectivity index (χ2v) is 10.0. The molecule has 0 atom stereocenters. The van der Waals surface area contributed by atoms with Gasteiger partial charge in [0.1, 0.15) is 0 Å². The van der Waals surface area contributed by atoms with E-state index in [9.17, 15) is 13.2 Å². The van der Waals surface area contributed by atoms with Crippen LogP contribution in [0.2, 0.25) is 0 Å². The third-order valence-corrected chi connectivity index (χ3v) is 7.70. The second-order valence-electron chi connectivity index (χ2n) is 7.08. The maximum Gasteiger partial charge on any atom is 0.243 e. The highest BCUT2D eigenvalue weighted by Gasteiger charge is 2.27. The van der Waals surface area contributed by atoms with Gasteiger partial charge in [-0.25, -0.2) is 8.42 Å². The molecule has 0 radical (unpaired) electrons. The molecule has 3 rings (SSSR count). The third kappa shape index (κ3) is 5.83. The van der Waals surface area contributed by atoms with Crippen molar-refractivity contribution in [2.24, 2.45) is 0 Å². The molecule has 2 aromatic rings. The Morgan fingerprint density at radius 3 is 2.50 bits per heavy atom. The van der Waals surface area contributed by atoms with E-state index in [1.807, 2.05) is 19.2 Å². The minimum absolute atomic E-state index is 0.190. The molecule has 1 fully saturated rings. The minimum atomic E-state index is -3.58. The van der Waals surface area contributed by atoms with Gasteiger partial charge in [-0.05, 0) is 42.9 Å². The summed E-state index contributed by atoms with van der Waals surface area (Å²) in [6.07, 6.45) is 0. The van der Waals surface area contributed by atoms with Crippen molar-refractivity contribution >= 4 is 33.4 Å². The van der Waals surface area contributed by atoms with E-state index in [1.165, 1.54) is 22.1 Å². The number of sulfonamides is 1. The first-order valence-corrected chi connectivity index (χ1v) is 12.1. The molecule has 158 valence electrons. The van der Waals surface area contributed by atoms with Crippen molar-refractivity contribution < 1.29 is 13.2 Å². The fourth-order valence-electron chi connectivity index (χ4n) is 3.05. The van der Waals surface area contributed by atoms with E-state index in [0.717, 1.165) is 5.56 Å². The molecule has 1 amide bonds. The molecule has 1 aliphatic rings. The normalized spacial score (nSPS) is 15.5. The number of amides is 1. The summed E-state index contributed by atoms with van der Waals surface area (Å²) in [6, 6.07) is 15.7. The van der Waals surface area contributed by atoms with Crippen LogP contribution in [0, 0.1) is 11.3 Å². The van der Waals surface area contributed by atoms with E-state index >= 15 is 0 Å². The van der Waals surface area contributed by atoms with Crippen molar-refractivity contribution in [1.29, 1.82) is 5.26 Å². The van der Waals surface area contributed by atoms with Gasteiger partial charge >= 0.3 is 0 Å². The molecule has 9 heteroatoms. The number of hydrogen-bond donors (Lipinski definition) is 1. The molecule has 1 saturated heterocycles. The van der Waals surface area contributed by atoms with E-state index < -0.39 is 10.0 Å². The van der Waals surface area contributed by atoms with Crippen molar-refractivity contribution in [3.8, 4) is 6.07 Å². The summed E-state index contributed by atoms with van der Waals surface area (Å²) in [6.45, 7) is 2.32. The Balaban J connectivity index is 1.55. The Morgan fingerprint density at radius 1 is 1.13 bits per heavy atom. The van der Waals surface area contributed by atoms with Gasteiger partial charge in [0.15, 0.2) is 0 Å². The Morgan fingerprint density at radius 2 is 1.83 bits per heavy atom. The summed E-state index contributed by atoms with van der Waals surface area (Å²) in [4.78, 5) is 14.5. The lowest BCUT2D eigenvalue weighted by molar-refractivity contribution is -0.113. The predicted octanol–water partition coefficient (Wildman–Crippen LogP) is 2.37. The molecule has 1 aliphatic heterocycles. The Hall–Kier alpha value is -2.38. The molecule has 0 saturated carbocycles. The van der Waals surface area contributed by atoms with Gasteiger partial charge in [0.25, 0.3) is 0 Å². The van der Waals surface area contributed by atoms with Gasteiger partial charge in [-0.15, -0.1) is 11.8 Å². The molecule has 0 aliphatic carbocycles. The molecule has 1 heterocycles. The number of nitriles is 1. The highest BCUT2D eigenvalue weighted by Crippen LogP contribution is 2.21.